The number of hydrogen-bond acceptors (Lipinski definition) is 6. The lowest BCUT2D eigenvalue weighted by Gasteiger charge is -2.51. The highest BCUT2D eigenvalue weighted by Crippen LogP contribution is 2.44. The minimum atomic E-state index is -3.81. The number of methoxy groups -OCH3 is 1. The standard InChI is InChI=1S/C21H34N4O5S2/c1-15-11-18-16(12-21(15)30-2)6-9-24-14-17-5-3-8-25(19(17)13-20(18)24)31(26,27)10-4-7-23-32(22,28)29/h11-12,17,19-20,23H,3-10,13-14H2,1-2H3,(H2,22,28,29)/t17-,19+,20+/m1/s1. The topological polar surface area (TPSA) is 122 Å². The molecule has 180 valence electrons. The average Bonchev–Trinajstić information content (AvgIpc) is 2.74. The van der Waals surface area contributed by atoms with Crippen LogP contribution in [0.3, 0.4) is 0 Å². The summed E-state index contributed by atoms with van der Waals surface area (Å²) >= 11 is 0. The van der Waals surface area contributed by atoms with Crippen LogP contribution in [0.1, 0.15) is 48.4 Å². The van der Waals surface area contributed by atoms with Crippen molar-refractivity contribution in [2.24, 2.45) is 11.1 Å². The van der Waals surface area contributed by atoms with Crippen LogP contribution in [0.15, 0.2) is 12.1 Å². The summed E-state index contributed by atoms with van der Waals surface area (Å²) in [6.07, 6.45) is 3.88. The van der Waals surface area contributed by atoms with Crippen LogP contribution in [-0.4, -0.2) is 71.1 Å². The van der Waals surface area contributed by atoms with Gasteiger partial charge in [-0.25, -0.2) is 18.3 Å². The van der Waals surface area contributed by atoms with E-state index in [4.69, 9.17) is 9.88 Å². The van der Waals surface area contributed by atoms with Gasteiger partial charge in [-0.15, -0.1) is 0 Å². The van der Waals surface area contributed by atoms with Gasteiger partial charge in [0.2, 0.25) is 10.0 Å². The summed E-state index contributed by atoms with van der Waals surface area (Å²) in [7, 11) is -5.60. The molecule has 0 aliphatic carbocycles. The average molecular weight is 487 g/mol. The molecular formula is C21H34N4O5S2. The summed E-state index contributed by atoms with van der Waals surface area (Å²) in [6.45, 7) is 4.51. The van der Waals surface area contributed by atoms with Gasteiger partial charge in [0.1, 0.15) is 5.75 Å². The van der Waals surface area contributed by atoms with Crippen molar-refractivity contribution in [1.82, 2.24) is 13.9 Å². The van der Waals surface area contributed by atoms with Crippen LogP contribution in [-0.2, 0) is 26.7 Å². The Hall–Kier alpha value is -1.24. The first-order valence-electron chi connectivity index (χ1n) is 11.3. The van der Waals surface area contributed by atoms with Gasteiger partial charge < -0.3 is 4.74 Å². The van der Waals surface area contributed by atoms with E-state index < -0.39 is 20.2 Å². The monoisotopic (exact) mass is 486 g/mol. The molecule has 1 aromatic rings. The number of benzene rings is 1. The first-order chi connectivity index (χ1) is 15.1. The Kier molecular flexibility index (Phi) is 6.86. The Balaban J connectivity index is 1.52. The van der Waals surface area contributed by atoms with E-state index in [0.29, 0.717) is 12.5 Å². The molecule has 0 amide bonds. The fourth-order valence-electron chi connectivity index (χ4n) is 5.70. The lowest BCUT2D eigenvalue weighted by molar-refractivity contribution is 0.0219. The van der Waals surface area contributed by atoms with Crippen molar-refractivity contribution in [3.05, 3.63) is 28.8 Å². The predicted molar refractivity (Wildman–Crippen MR) is 123 cm³/mol. The molecule has 32 heavy (non-hydrogen) atoms. The lowest BCUT2D eigenvalue weighted by Crippen LogP contribution is -2.57. The summed E-state index contributed by atoms with van der Waals surface area (Å²) in [5.74, 6) is 1.15. The summed E-state index contributed by atoms with van der Waals surface area (Å²) in [5, 5.41) is 4.93. The zero-order valence-corrected chi connectivity index (χ0v) is 20.4. The molecule has 3 atom stereocenters. The van der Waals surface area contributed by atoms with Crippen molar-refractivity contribution in [1.29, 1.82) is 0 Å². The SMILES string of the molecule is COc1cc2c(cc1C)[C@@H]1C[C@H]3[C@H](CCCN3S(=O)(=O)CCCNS(N)(=O)=O)CN1CC2. The van der Waals surface area contributed by atoms with E-state index in [-0.39, 0.29) is 30.8 Å². The second-order valence-corrected chi connectivity index (χ2v) is 12.6. The maximum Gasteiger partial charge on any atom is 0.274 e. The molecular weight excluding hydrogens is 452 g/mol. The van der Waals surface area contributed by atoms with Gasteiger partial charge in [0.15, 0.2) is 0 Å². The van der Waals surface area contributed by atoms with E-state index in [2.05, 4.69) is 28.7 Å². The first kappa shape index (κ1) is 23.9. The molecule has 3 N–H and O–H groups in total. The van der Waals surface area contributed by atoms with Crippen LogP contribution in [0, 0.1) is 12.8 Å². The number of nitrogens with two attached hydrogens (primary N) is 1. The Bertz CT molecular complexity index is 1060. The molecule has 3 aliphatic rings. The van der Waals surface area contributed by atoms with Gasteiger partial charge in [-0.3, -0.25) is 4.90 Å². The van der Waals surface area contributed by atoms with Crippen molar-refractivity contribution in [2.75, 3.05) is 39.0 Å². The summed E-state index contributed by atoms with van der Waals surface area (Å²) in [6, 6.07) is 4.55. The molecule has 2 saturated heterocycles. The van der Waals surface area contributed by atoms with Gasteiger partial charge in [0, 0.05) is 38.3 Å². The number of sulfonamides is 1. The number of piperidine rings is 2. The molecule has 0 radical (unpaired) electrons. The highest BCUT2D eigenvalue weighted by molar-refractivity contribution is 7.89. The molecule has 3 aliphatic heterocycles. The van der Waals surface area contributed by atoms with E-state index >= 15 is 0 Å². The zero-order chi connectivity index (χ0) is 23.1. The van der Waals surface area contributed by atoms with Crippen molar-refractivity contribution < 1.29 is 21.6 Å². The fraction of sp³-hybridized carbons (Fsp3) is 0.714. The van der Waals surface area contributed by atoms with Gasteiger partial charge in [-0.05, 0) is 67.7 Å². The van der Waals surface area contributed by atoms with Gasteiger partial charge in [0.05, 0.1) is 12.9 Å². The van der Waals surface area contributed by atoms with Crippen molar-refractivity contribution in [3.63, 3.8) is 0 Å². The quantitative estimate of drug-likeness (QED) is 0.552. The van der Waals surface area contributed by atoms with Crippen molar-refractivity contribution in [2.45, 2.75) is 51.1 Å². The minimum absolute atomic E-state index is 0.0187. The second-order valence-electron chi connectivity index (χ2n) is 9.21. The molecule has 11 heteroatoms. The normalized spacial score (nSPS) is 26.8. The first-order valence-corrected chi connectivity index (χ1v) is 14.4. The van der Waals surface area contributed by atoms with Gasteiger partial charge in [-0.2, -0.15) is 12.7 Å². The molecule has 9 nitrogen and oxygen atoms in total. The largest absolute Gasteiger partial charge is 0.496 e. The van der Waals surface area contributed by atoms with Crippen LogP contribution in [0.25, 0.3) is 0 Å². The zero-order valence-electron chi connectivity index (χ0n) is 18.8. The van der Waals surface area contributed by atoms with Crippen LogP contribution < -0.4 is 14.6 Å². The van der Waals surface area contributed by atoms with E-state index in [1.54, 1.807) is 11.4 Å². The Morgan fingerprint density at radius 1 is 1.22 bits per heavy atom. The lowest BCUT2D eigenvalue weighted by atomic mass is 9.77. The summed E-state index contributed by atoms with van der Waals surface area (Å²) < 4.78 is 57.9. The molecule has 4 rings (SSSR count). The Morgan fingerprint density at radius 2 is 2.00 bits per heavy atom. The third-order valence-corrected chi connectivity index (χ3v) is 9.74. The van der Waals surface area contributed by atoms with Crippen LogP contribution in [0.5, 0.6) is 5.75 Å². The van der Waals surface area contributed by atoms with Gasteiger partial charge >= 0.3 is 0 Å². The Morgan fingerprint density at radius 3 is 2.72 bits per heavy atom. The van der Waals surface area contributed by atoms with Gasteiger partial charge in [0.25, 0.3) is 10.2 Å². The molecule has 3 heterocycles. The number of ether oxygens (including phenoxy) is 1. The molecule has 0 unspecified atom stereocenters. The Labute approximate surface area is 191 Å². The van der Waals surface area contributed by atoms with E-state index in [9.17, 15) is 16.8 Å². The highest BCUT2D eigenvalue weighted by Gasteiger charge is 2.45. The maximum absolute atomic E-state index is 13.2. The number of nitrogens with zero attached hydrogens (tertiary/aromatic N) is 2. The van der Waals surface area contributed by atoms with Gasteiger partial charge in [-0.1, -0.05) is 6.07 Å². The van der Waals surface area contributed by atoms with Crippen LogP contribution >= 0.6 is 0 Å². The number of nitrogens with one attached hydrogen (secondary N) is 1. The second kappa shape index (κ2) is 9.19. The van der Waals surface area contributed by atoms with E-state index in [0.717, 1.165) is 50.1 Å². The summed E-state index contributed by atoms with van der Waals surface area (Å²) in [5.41, 5.74) is 3.70. The fourth-order valence-corrected chi connectivity index (χ4v) is 7.95. The van der Waals surface area contributed by atoms with E-state index in [1.165, 1.54) is 11.1 Å². The van der Waals surface area contributed by atoms with E-state index in [1.807, 2.05) is 0 Å². The maximum atomic E-state index is 13.2. The molecule has 0 saturated carbocycles. The molecule has 1 aromatic carbocycles. The van der Waals surface area contributed by atoms with Crippen molar-refractivity contribution >= 4 is 20.2 Å². The third kappa shape index (κ3) is 4.97. The number of aryl methyl sites for hydroxylation is 1. The predicted octanol–water partition coefficient (Wildman–Crippen LogP) is 0.900. The van der Waals surface area contributed by atoms with Crippen LogP contribution in [0.4, 0.5) is 0 Å². The molecule has 2 fully saturated rings. The smallest absolute Gasteiger partial charge is 0.274 e. The number of fused-ring (bicyclic) bond motifs is 4. The number of hydrogen-bond donors (Lipinski definition) is 2. The minimum Gasteiger partial charge on any atom is -0.496 e. The number of rotatable bonds is 7. The van der Waals surface area contributed by atoms with Crippen molar-refractivity contribution in [3.8, 4) is 5.75 Å². The highest BCUT2D eigenvalue weighted by atomic mass is 32.2. The molecule has 0 spiro atoms. The third-order valence-electron chi connectivity index (χ3n) is 7.17. The molecule has 0 aromatic heterocycles. The van der Waals surface area contributed by atoms with Crippen LogP contribution in [0.2, 0.25) is 0 Å². The molecule has 0 bridgehead atoms. The summed E-state index contributed by atoms with van der Waals surface area (Å²) in [4.78, 5) is 2.53.